The summed E-state index contributed by atoms with van der Waals surface area (Å²) in [6.45, 7) is 0. The van der Waals surface area contributed by atoms with Crippen molar-refractivity contribution in [3.63, 3.8) is 0 Å². The predicted octanol–water partition coefficient (Wildman–Crippen LogP) is 0.141. The molecule has 44 valence electrons. The third-order valence-corrected chi connectivity index (χ3v) is 0.810. The lowest BCUT2D eigenvalue weighted by Gasteiger charge is -1.77. The van der Waals surface area contributed by atoms with Crippen molar-refractivity contribution in [1.29, 1.82) is 0 Å². The van der Waals surface area contributed by atoms with Gasteiger partial charge >= 0.3 is 0 Å². The number of hydrogen-bond acceptors (Lipinski definition) is 2. The number of nitrogen functional groups attached to an aromatic ring is 1. The number of hydrogen-bond donors (Lipinski definition) is 1. The zero-order chi connectivity index (χ0) is 6.15. The summed E-state index contributed by atoms with van der Waals surface area (Å²) < 4.78 is 13.4. The van der Waals surface area contributed by atoms with E-state index in [0.29, 0.717) is 0 Å². The molecule has 0 aromatic carbocycles. The van der Waals surface area contributed by atoms with Crippen LogP contribution in [0.5, 0.6) is 0 Å². The summed E-state index contributed by atoms with van der Waals surface area (Å²) >= 11 is 0. The zero-order valence-electron chi connectivity index (χ0n) is 4.43. The Balaban J connectivity index is 3.14. The molecule has 1 aromatic heterocycles. The second kappa shape index (κ2) is 1.47. The fourth-order valence-electron chi connectivity index (χ4n) is 0.480. The Labute approximate surface area is 45.9 Å². The number of aryl methyl sites for hydroxylation is 1. The monoisotopic (exact) mass is 115 g/mol. The van der Waals surface area contributed by atoms with Crippen LogP contribution in [0.3, 0.4) is 0 Å². The number of anilines is 1. The topological polar surface area (TPSA) is 43.8 Å². The van der Waals surface area contributed by atoms with Gasteiger partial charge in [0.05, 0.1) is 6.20 Å². The Bertz CT molecular complexity index is 174. The maximum absolute atomic E-state index is 12.1. The van der Waals surface area contributed by atoms with Crippen LogP contribution in [0.1, 0.15) is 0 Å². The van der Waals surface area contributed by atoms with Gasteiger partial charge in [0, 0.05) is 7.05 Å². The quantitative estimate of drug-likeness (QED) is 0.522. The molecule has 0 unspecified atom stereocenters. The standard InChI is InChI=1S/C4H6FN3/c1-8-2-3(6)4(5)7-8/h2H,6H2,1H3. The summed E-state index contributed by atoms with van der Waals surface area (Å²) in [5.41, 5.74) is 5.17. The van der Waals surface area contributed by atoms with Crippen LogP contribution in [0.4, 0.5) is 10.1 Å². The highest BCUT2D eigenvalue weighted by Crippen LogP contribution is 2.02. The first-order chi connectivity index (χ1) is 3.70. The Morgan fingerprint density at radius 3 is 2.62 bits per heavy atom. The number of aromatic nitrogens is 2. The van der Waals surface area contributed by atoms with E-state index in [1.54, 1.807) is 7.05 Å². The molecule has 0 saturated heterocycles. The Morgan fingerprint density at radius 2 is 2.50 bits per heavy atom. The van der Waals surface area contributed by atoms with Gasteiger partial charge in [0.1, 0.15) is 5.69 Å². The molecule has 0 radical (unpaired) electrons. The van der Waals surface area contributed by atoms with E-state index < -0.39 is 5.95 Å². The minimum Gasteiger partial charge on any atom is -0.394 e. The summed E-state index contributed by atoms with van der Waals surface area (Å²) in [4.78, 5) is 0. The van der Waals surface area contributed by atoms with Gasteiger partial charge in [0.15, 0.2) is 0 Å². The van der Waals surface area contributed by atoms with Crippen LogP contribution in [0.2, 0.25) is 0 Å². The fraction of sp³-hybridized carbons (Fsp3) is 0.250. The van der Waals surface area contributed by atoms with Gasteiger partial charge < -0.3 is 5.73 Å². The second-order valence-corrected chi connectivity index (χ2v) is 1.55. The molecule has 0 aliphatic heterocycles. The van der Waals surface area contributed by atoms with Gasteiger partial charge in [-0.25, -0.2) is 0 Å². The molecule has 1 heterocycles. The van der Waals surface area contributed by atoms with E-state index in [1.807, 2.05) is 0 Å². The van der Waals surface area contributed by atoms with E-state index in [9.17, 15) is 4.39 Å². The van der Waals surface area contributed by atoms with Crippen molar-refractivity contribution < 1.29 is 4.39 Å². The van der Waals surface area contributed by atoms with Crippen molar-refractivity contribution in [2.75, 3.05) is 5.73 Å². The highest BCUT2D eigenvalue weighted by molar-refractivity contribution is 5.32. The Hall–Kier alpha value is -1.06. The molecule has 2 N–H and O–H groups in total. The molecule has 0 amide bonds. The largest absolute Gasteiger partial charge is 0.394 e. The first-order valence-corrected chi connectivity index (χ1v) is 2.15. The molecule has 0 spiro atoms. The van der Waals surface area contributed by atoms with Gasteiger partial charge in [-0.3, -0.25) is 4.68 Å². The third-order valence-electron chi connectivity index (χ3n) is 0.810. The van der Waals surface area contributed by atoms with Crippen LogP contribution in [-0.4, -0.2) is 9.78 Å². The molecule has 4 heteroatoms. The molecule has 1 aromatic rings. The highest BCUT2D eigenvalue weighted by atomic mass is 19.1. The highest BCUT2D eigenvalue weighted by Gasteiger charge is 1.98. The Morgan fingerprint density at radius 1 is 1.88 bits per heavy atom. The smallest absolute Gasteiger partial charge is 0.255 e. The van der Waals surface area contributed by atoms with Gasteiger partial charge in [-0.1, -0.05) is 0 Å². The summed E-state index contributed by atoms with van der Waals surface area (Å²) in [5, 5.41) is 3.34. The zero-order valence-corrected chi connectivity index (χ0v) is 4.43. The molecule has 1 rings (SSSR count). The van der Waals surface area contributed by atoms with Crippen LogP contribution in [0.15, 0.2) is 6.20 Å². The van der Waals surface area contributed by atoms with E-state index >= 15 is 0 Å². The van der Waals surface area contributed by atoms with Crippen molar-refractivity contribution in [1.82, 2.24) is 9.78 Å². The maximum atomic E-state index is 12.1. The lowest BCUT2D eigenvalue weighted by molar-refractivity contribution is 0.556. The molecule has 8 heavy (non-hydrogen) atoms. The van der Waals surface area contributed by atoms with Gasteiger partial charge in [-0.2, -0.15) is 4.39 Å². The summed E-state index contributed by atoms with van der Waals surface area (Å²) in [6, 6.07) is 0. The molecule has 0 saturated carbocycles. The fourth-order valence-corrected chi connectivity index (χ4v) is 0.480. The molecule has 0 aliphatic rings. The second-order valence-electron chi connectivity index (χ2n) is 1.55. The average Bonchev–Trinajstić information content (AvgIpc) is 1.85. The lowest BCUT2D eigenvalue weighted by Crippen LogP contribution is -1.86. The first kappa shape index (κ1) is 5.08. The van der Waals surface area contributed by atoms with Crippen LogP contribution in [-0.2, 0) is 7.05 Å². The molecule has 0 atom stereocenters. The molecule has 0 bridgehead atoms. The lowest BCUT2D eigenvalue weighted by atomic mass is 10.6. The SMILES string of the molecule is Cn1cc(N)c(F)n1. The minimum atomic E-state index is -0.604. The average molecular weight is 115 g/mol. The van der Waals surface area contributed by atoms with Crippen molar-refractivity contribution in [3.8, 4) is 0 Å². The molecular weight excluding hydrogens is 109 g/mol. The van der Waals surface area contributed by atoms with Gasteiger partial charge in [-0.05, 0) is 0 Å². The molecular formula is C4H6FN3. The van der Waals surface area contributed by atoms with Crippen molar-refractivity contribution in [2.24, 2.45) is 7.05 Å². The summed E-state index contributed by atoms with van der Waals surface area (Å²) in [7, 11) is 1.61. The molecule has 0 aliphatic carbocycles. The van der Waals surface area contributed by atoms with E-state index in [-0.39, 0.29) is 5.69 Å². The van der Waals surface area contributed by atoms with Gasteiger partial charge in [0.2, 0.25) is 0 Å². The van der Waals surface area contributed by atoms with E-state index in [2.05, 4.69) is 5.10 Å². The first-order valence-electron chi connectivity index (χ1n) is 2.15. The molecule has 3 nitrogen and oxygen atoms in total. The van der Waals surface area contributed by atoms with Crippen LogP contribution < -0.4 is 5.73 Å². The van der Waals surface area contributed by atoms with Crippen LogP contribution in [0.25, 0.3) is 0 Å². The summed E-state index contributed by atoms with van der Waals surface area (Å²) in [6.07, 6.45) is 1.41. The van der Waals surface area contributed by atoms with Crippen LogP contribution in [0, 0.1) is 5.95 Å². The number of nitrogens with zero attached hydrogens (tertiary/aromatic N) is 2. The number of rotatable bonds is 0. The van der Waals surface area contributed by atoms with Crippen molar-refractivity contribution >= 4 is 5.69 Å². The Kier molecular flexibility index (Phi) is 0.932. The predicted molar refractivity (Wildman–Crippen MR) is 27.6 cm³/mol. The third kappa shape index (κ3) is 0.641. The summed E-state index contributed by atoms with van der Waals surface area (Å²) in [5.74, 6) is -0.604. The van der Waals surface area contributed by atoms with Gasteiger partial charge in [-0.15, -0.1) is 5.10 Å². The number of nitrogens with two attached hydrogens (primary N) is 1. The van der Waals surface area contributed by atoms with Crippen molar-refractivity contribution in [3.05, 3.63) is 12.1 Å². The van der Waals surface area contributed by atoms with Crippen LogP contribution >= 0.6 is 0 Å². The number of halogens is 1. The maximum Gasteiger partial charge on any atom is 0.255 e. The van der Waals surface area contributed by atoms with Gasteiger partial charge in [0.25, 0.3) is 5.95 Å². The minimum absolute atomic E-state index is 0.0903. The van der Waals surface area contributed by atoms with E-state index in [4.69, 9.17) is 5.73 Å². The van der Waals surface area contributed by atoms with Crippen molar-refractivity contribution in [2.45, 2.75) is 0 Å². The normalized spacial score (nSPS) is 9.75. The molecule has 0 fully saturated rings. The van der Waals surface area contributed by atoms with E-state index in [1.165, 1.54) is 10.9 Å². The van der Waals surface area contributed by atoms with E-state index in [0.717, 1.165) is 0 Å².